The predicted molar refractivity (Wildman–Crippen MR) is 128 cm³/mol. The van der Waals surface area contributed by atoms with Crippen LogP contribution in [0, 0.1) is 6.92 Å². The zero-order valence-electron chi connectivity index (χ0n) is 18.0. The molecule has 4 N–H and O–H groups in total. The number of nitrogens with two attached hydrogens (primary N) is 1. The fourth-order valence-electron chi connectivity index (χ4n) is 3.62. The van der Waals surface area contributed by atoms with Crippen LogP contribution >= 0.6 is 0 Å². The van der Waals surface area contributed by atoms with Gasteiger partial charge in [-0.1, -0.05) is 42.5 Å². The number of hydrogen-bond donors (Lipinski definition) is 3. The third kappa shape index (κ3) is 4.74. The first-order valence-corrected chi connectivity index (χ1v) is 10.4. The summed E-state index contributed by atoms with van der Waals surface area (Å²) >= 11 is 0. The maximum atomic E-state index is 13.0. The standard InChI is InChI=1S/C25H23N5O3/c1-16-19(24(32)27-17-9-4-2-5-10-17)13-8-14-20(16)28-25(33)21-15-22(23(26)31)30(29-21)18-11-6-3-7-12-18/h2-14,22H,15H2,1H3,(H2,26,31)(H,27,32)(H,28,33). The minimum atomic E-state index is -0.753. The summed E-state index contributed by atoms with van der Waals surface area (Å²) in [6, 6.07) is 22.5. The van der Waals surface area contributed by atoms with Crippen molar-refractivity contribution < 1.29 is 14.4 Å². The Morgan fingerprint density at radius 2 is 1.55 bits per heavy atom. The highest BCUT2D eigenvalue weighted by atomic mass is 16.2. The van der Waals surface area contributed by atoms with Crippen molar-refractivity contribution in [3.05, 3.63) is 90.0 Å². The molecule has 8 nitrogen and oxygen atoms in total. The van der Waals surface area contributed by atoms with E-state index in [4.69, 9.17) is 5.73 Å². The van der Waals surface area contributed by atoms with Gasteiger partial charge in [-0.25, -0.2) is 0 Å². The molecule has 3 aromatic rings. The Balaban J connectivity index is 1.53. The van der Waals surface area contributed by atoms with Gasteiger partial charge in [-0.2, -0.15) is 5.10 Å². The van der Waals surface area contributed by atoms with Crippen LogP contribution in [0.2, 0.25) is 0 Å². The summed E-state index contributed by atoms with van der Waals surface area (Å²) in [7, 11) is 0. The molecule has 0 saturated carbocycles. The summed E-state index contributed by atoms with van der Waals surface area (Å²) in [6.07, 6.45) is 0.0866. The van der Waals surface area contributed by atoms with Gasteiger partial charge in [-0.05, 0) is 48.9 Å². The second-order valence-electron chi connectivity index (χ2n) is 7.60. The lowest BCUT2D eigenvalue weighted by atomic mass is 10.0. The van der Waals surface area contributed by atoms with E-state index in [0.29, 0.717) is 28.2 Å². The van der Waals surface area contributed by atoms with Gasteiger partial charge < -0.3 is 16.4 Å². The van der Waals surface area contributed by atoms with Crippen molar-refractivity contribution in [2.24, 2.45) is 10.8 Å². The molecule has 0 bridgehead atoms. The molecule has 4 rings (SSSR count). The number of hydrogen-bond acceptors (Lipinski definition) is 5. The number of anilines is 3. The number of hydrazone groups is 1. The van der Waals surface area contributed by atoms with E-state index in [0.717, 1.165) is 0 Å². The summed E-state index contributed by atoms with van der Waals surface area (Å²) in [6.45, 7) is 1.76. The van der Waals surface area contributed by atoms with Gasteiger partial charge in [0.2, 0.25) is 5.91 Å². The van der Waals surface area contributed by atoms with E-state index in [1.165, 1.54) is 5.01 Å². The predicted octanol–water partition coefficient (Wildman–Crippen LogP) is 3.31. The summed E-state index contributed by atoms with van der Waals surface area (Å²) in [5, 5.41) is 11.5. The lowest BCUT2D eigenvalue weighted by molar-refractivity contribution is -0.119. The summed E-state index contributed by atoms with van der Waals surface area (Å²) in [4.78, 5) is 37.7. The highest BCUT2D eigenvalue weighted by Crippen LogP contribution is 2.26. The van der Waals surface area contributed by atoms with Crippen molar-refractivity contribution in [2.45, 2.75) is 19.4 Å². The molecule has 0 saturated heterocycles. The van der Waals surface area contributed by atoms with Crippen LogP contribution < -0.4 is 21.4 Å². The quantitative estimate of drug-likeness (QED) is 0.544. The van der Waals surface area contributed by atoms with Crippen molar-refractivity contribution in [3.63, 3.8) is 0 Å². The Kier molecular flexibility index (Phi) is 6.17. The molecule has 166 valence electrons. The molecular formula is C25H23N5O3. The Morgan fingerprint density at radius 3 is 2.21 bits per heavy atom. The van der Waals surface area contributed by atoms with E-state index in [1.54, 1.807) is 49.4 Å². The monoisotopic (exact) mass is 441 g/mol. The van der Waals surface area contributed by atoms with Gasteiger partial charge in [0.1, 0.15) is 11.8 Å². The van der Waals surface area contributed by atoms with E-state index >= 15 is 0 Å². The highest BCUT2D eigenvalue weighted by Gasteiger charge is 2.35. The van der Waals surface area contributed by atoms with Crippen LogP contribution in [-0.4, -0.2) is 29.5 Å². The molecule has 0 fully saturated rings. The second kappa shape index (κ2) is 9.35. The molecule has 33 heavy (non-hydrogen) atoms. The van der Waals surface area contributed by atoms with E-state index in [9.17, 15) is 14.4 Å². The molecule has 0 aliphatic carbocycles. The number of primary amides is 1. The van der Waals surface area contributed by atoms with Crippen LogP contribution in [0.5, 0.6) is 0 Å². The van der Waals surface area contributed by atoms with Crippen LogP contribution in [0.15, 0.2) is 84.0 Å². The number of nitrogens with zero attached hydrogens (tertiary/aromatic N) is 2. The zero-order chi connectivity index (χ0) is 23.4. The maximum absolute atomic E-state index is 13.0. The fourth-order valence-corrected chi connectivity index (χ4v) is 3.62. The van der Waals surface area contributed by atoms with Gasteiger partial charge in [0.25, 0.3) is 11.8 Å². The maximum Gasteiger partial charge on any atom is 0.271 e. The third-order valence-electron chi connectivity index (χ3n) is 5.38. The normalized spacial score (nSPS) is 15.0. The SMILES string of the molecule is Cc1c(NC(=O)C2=NN(c3ccccc3)C(C(N)=O)C2)cccc1C(=O)Nc1ccccc1. The molecule has 0 aromatic heterocycles. The van der Waals surface area contributed by atoms with Crippen LogP contribution in [0.25, 0.3) is 0 Å². The molecule has 0 radical (unpaired) electrons. The number of para-hydroxylation sites is 2. The first kappa shape index (κ1) is 21.8. The molecule has 1 heterocycles. The Hall–Kier alpha value is -4.46. The van der Waals surface area contributed by atoms with Gasteiger partial charge in [-0.3, -0.25) is 19.4 Å². The minimum absolute atomic E-state index is 0.0866. The molecule has 1 aliphatic rings. The number of carbonyl (C=O) groups is 3. The summed E-state index contributed by atoms with van der Waals surface area (Å²) in [5.74, 6) is -1.30. The van der Waals surface area contributed by atoms with E-state index in [2.05, 4.69) is 15.7 Å². The van der Waals surface area contributed by atoms with Crippen LogP contribution in [0.4, 0.5) is 17.1 Å². The van der Waals surface area contributed by atoms with Gasteiger partial charge in [0, 0.05) is 23.4 Å². The van der Waals surface area contributed by atoms with Crippen LogP contribution in [-0.2, 0) is 9.59 Å². The molecule has 0 spiro atoms. The zero-order valence-corrected chi connectivity index (χ0v) is 18.0. The smallest absolute Gasteiger partial charge is 0.271 e. The average molecular weight is 441 g/mol. The minimum Gasteiger partial charge on any atom is -0.368 e. The average Bonchev–Trinajstić information content (AvgIpc) is 3.28. The lowest BCUT2D eigenvalue weighted by Gasteiger charge is -2.20. The third-order valence-corrected chi connectivity index (χ3v) is 5.38. The number of rotatable bonds is 6. The van der Waals surface area contributed by atoms with E-state index in [1.807, 2.05) is 36.4 Å². The number of carbonyl (C=O) groups excluding carboxylic acids is 3. The van der Waals surface area contributed by atoms with Crippen LogP contribution in [0.1, 0.15) is 22.3 Å². The van der Waals surface area contributed by atoms with E-state index in [-0.39, 0.29) is 18.0 Å². The Bertz CT molecular complexity index is 1230. The topological polar surface area (TPSA) is 117 Å². The summed E-state index contributed by atoms with van der Waals surface area (Å²) in [5.41, 5.74) is 8.61. The van der Waals surface area contributed by atoms with Crippen molar-refractivity contribution in [3.8, 4) is 0 Å². The Labute approximate surface area is 191 Å². The van der Waals surface area contributed by atoms with Crippen molar-refractivity contribution in [1.82, 2.24) is 0 Å². The van der Waals surface area contributed by atoms with E-state index < -0.39 is 17.9 Å². The van der Waals surface area contributed by atoms with Crippen molar-refractivity contribution in [1.29, 1.82) is 0 Å². The van der Waals surface area contributed by atoms with Gasteiger partial charge >= 0.3 is 0 Å². The van der Waals surface area contributed by atoms with Gasteiger partial charge in [-0.15, -0.1) is 0 Å². The number of benzene rings is 3. The molecule has 3 aromatic carbocycles. The molecule has 1 aliphatic heterocycles. The van der Waals surface area contributed by atoms with Gasteiger partial charge in [0.05, 0.1) is 5.69 Å². The first-order valence-electron chi connectivity index (χ1n) is 10.4. The second-order valence-corrected chi connectivity index (χ2v) is 7.60. The molecular weight excluding hydrogens is 418 g/mol. The fraction of sp³-hybridized carbons (Fsp3) is 0.120. The molecule has 3 amide bonds. The summed E-state index contributed by atoms with van der Waals surface area (Å²) < 4.78 is 0. The first-order chi connectivity index (χ1) is 15.9. The number of nitrogens with one attached hydrogen (secondary N) is 2. The highest BCUT2D eigenvalue weighted by molar-refractivity contribution is 6.44. The van der Waals surface area contributed by atoms with Crippen molar-refractivity contribution in [2.75, 3.05) is 15.6 Å². The number of amides is 3. The van der Waals surface area contributed by atoms with Crippen LogP contribution in [0.3, 0.4) is 0 Å². The molecule has 8 heteroatoms. The molecule has 1 unspecified atom stereocenters. The van der Waals surface area contributed by atoms with Crippen molar-refractivity contribution >= 4 is 40.5 Å². The lowest BCUT2D eigenvalue weighted by Crippen LogP contribution is -2.39. The largest absolute Gasteiger partial charge is 0.368 e. The van der Waals surface area contributed by atoms with Gasteiger partial charge in [0.15, 0.2) is 0 Å². The Morgan fingerprint density at radius 1 is 0.879 bits per heavy atom. The molecule has 1 atom stereocenters.